The van der Waals surface area contributed by atoms with Crippen LogP contribution >= 0.6 is 0 Å². The number of nitriles is 1. The summed E-state index contributed by atoms with van der Waals surface area (Å²) in [5.74, 6) is -0.0919. The van der Waals surface area contributed by atoms with Gasteiger partial charge in [0.25, 0.3) is 5.91 Å². The minimum atomic E-state index is -0.917. The Morgan fingerprint density at radius 2 is 2.15 bits per heavy atom. The minimum absolute atomic E-state index is 0.233. The van der Waals surface area contributed by atoms with Crippen LogP contribution in [0.4, 0.5) is 0 Å². The third kappa shape index (κ3) is 4.33. The second kappa shape index (κ2) is 8.39. The topological polar surface area (TPSA) is 88.5 Å². The molecule has 0 bridgehead atoms. The van der Waals surface area contributed by atoms with Gasteiger partial charge in [0.05, 0.1) is 30.9 Å². The van der Waals surface area contributed by atoms with Crippen LogP contribution < -0.4 is 0 Å². The highest BCUT2D eigenvalue weighted by molar-refractivity contribution is 5.93. The normalized spacial score (nSPS) is 11.7. The molecule has 0 saturated carbocycles. The molecule has 2 heterocycles. The Labute approximate surface area is 152 Å². The number of hydrogen-bond donors (Lipinski definition) is 0. The fourth-order valence-electron chi connectivity index (χ4n) is 2.72. The van der Waals surface area contributed by atoms with Crippen LogP contribution in [-0.4, -0.2) is 41.0 Å². The molecule has 0 unspecified atom stereocenters. The lowest BCUT2D eigenvalue weighted by Crippen LogP contribution is -2.38. The van der Waals surface area contributed by atoms with E-state index in [1.54, 1.807) is 19.4 Å². The van der Waals surface area contributed by atoms with Crippen LogP contribution in [0.15, 0.2) is 28.9 Å². The number of ether oxygens (including phenoxy) is 1. The minimum Gasteiger partial charge on any atom is -0.467 e. The summed E-state index contributed by atoms with van der Waals surface area (Å²) >= 11 is 0. The number of hydrogen-bond acceptors (Lipinski definition) is 5. The standard InChI is InChI=1S/C19H23N3O4/c1-13-11-17(14(2)22(13)12-16-7-5-10-25-16)19(24)26-15(3)18(23)21(4)9-6-8-20/h5,7,10-11,15H,6,9,12H2,1-4H3/t15-/m0/s1. The van der Waals surface area contributed by atoms with Gasteiger partial charge in [0, 0.05) is 25.0 Å². The summed E-state index contributed by atoms with van der Waals surface area (Å²) in [6.07, 6.45) is 0.922. The molecular formula is C19H23N3O4. The molecule has 7 nitrogen and oxygen atoms in total. The molecule has 1 amide bonds. The third-order valence-electron chi connectivity index (χ3n) is 4.25. The Bertz CT molecular complexity index is 815. The predicted molar refractivity (Wildman–Crippen MR) is 94.5 cm³/mol. The van der Waals surface area contributed by atoms with Gasteiger partial charge in [-0.05, 0) is 39.0 Å². The van der Waals surface area contributed by atoms with Crippen molar-refractivity contribution < 1.29 is 18.7 Å². The van der Waals surface area contributed by atoms with Crippen molar-refractivity contribution in [3.63, 3.8) is 0 Å². The number of rotatable bonds is 7. The largest absolute Gasteiger partial charge is 0.467 e. The predicted octanol–water partition coefficient (Wildman–Crippen LogP) is 2.66. The number of carbonyl (C=O) groups excluding carboxylic acids is 2. The van der Waals surface area contributed by atoms with Crippen molar-refractivity contribution in [2.45, 2.75) is 39.8 Å². The Kier molecular flexibility index (Phi) is 6.23. The maximum absolute atomic E-state index is 12.5. The molecule has 2 aromatic rings. The van der Waals surface area contributed by atoms with Crippen molar-refractivity contribution in [3.05, 3.63) is 47.2 Å². The van der Waals surface area contributed by atoms with Crippen LogP contribution in [0.1, 0.15) is 40.9 Å². The molecule has 0 aliphatic heterocycles. The summed E-state index contributed by atoms with van der Waals surface area (Å²) in [4.78, 5) is 26.1. The first kappa shape index (κ1) is 19.3. The molecule has 0 fully saturated rings. The van der Waals surface area contributed by atoms with Gasteiger partial charge in [0.15, 0.2) is 6.10 Å². The van der Waals surface area contributed by atoms with Crippen LogP contribution in [0.5, 0.6) is 0 Å². The van der Waals surface area contributed by atoms with E-state index in [1.807, 2.05) is 36.6 Å². The summed E-state index contributed by atoms with van der Waals surface area (Å²) in [7, 11) is 1.58. The first-order valence-corrected chi connectivity index (χ1v) is 8.37. The molecule has 0 saturated heterocycles. The molecule has 2 rings (SSSR count). The second-order valence-electron chi connectivity index (χ2n) is 6.17. The van der Waals surface area contributed by atoms with Crippen LogP contribution in [0, 0.1) is 25.2 Å². The highest BCUT2D eigenvalue weighted by Crippen LogP contribution is 2.19. The lowest BCUT2D eigenvalue weighted by Gasteiger charge is -2.20. The zero-order chi connectivity index (χ0) is 19.3. The van der Waals surface area contributed by atoms with Crippen molar-refractivity contribution in [2.24, 2.45) is 0 Å². The number of likely N-dealkylation sites (N-methyl/N-ethyl adjacent to an activating group) is 1. The molecule has 0 N–H and O–H groups in total. The molecule has 138 valence electrons. The summed E-state index contributed by atoms with van der Waals surface area (Å²) in [5, 5.41) is 8.60. The van der Waals surface area contributed by atoms with E-state index in [2.05, 4.69) is 0 Å². The van der Waals surface area contributed by atoms with E-state index in [0.29, 0.717) is 18.7 Å². The van der Waals surface area contributed by atoms with Crippen molar-refractivity contribution >= 4 is 11.9 Å². The summed E-state index contributed by atoms with van der Waals surface area (Å²) in [6, 6.07) is 7.41. The van der Waals surface area contributed by atoms with Gasteiger partial charge in [-0.25, -0.2) is 4.79 Å². The summed E-state index contributed by atoms with van der Waals surface area (Å²) < 4.78 is 12.7. The molecule has 2 aromatic heterocycles. The SMILES string of the molecule is Cc1cc(C(=O)O[C@@H](C)C(=O)N(C)CCC#N)c(C)n1Cc1ccco1. The molecule has 0 aliphatic carbocycles. The number of aromatic nitrogens is 1. The number of nitrogens with zero attached hydrogens (tertiary/aromatic N) is 3. The number of aryl methyl sites for hydroxylation is 1. The van der Waals surface area contributed by atoms with Crippen LogP contribution in [0.25, 0.3) is 0 Å². The first-order chi connectivity index (χ1) is 12.3. The van der Waals surface area contributed by atoms with Crippen molar-refractivity contribution in [1.29, 1.82) is 5.26 Å². The van der Waals surface area contributed by atoms with Gasteiger partial charge in [-0.3, -0.25) is 4.79 Å². The van der Waals surface area contributed by atoms with Crippen LogP contribution in [0.2, 0.25) is 0 Å². The fraction of sp³-hybridized carbons (Fsp3) is 0.421. The molecule has 0 spiro atoms. The monoisotopic (exact) mass is 357 g/mol. The average molecular weight is 357 g/mol. The maximum atomic E-state index is 12.5. The Morgan fingerprint density at radius 3 is 2.77 bits per heavy atom. The Hall–Kier alpha value is -3.01. The van der Waals surface area contributed by atoms with E-state index in [1.165, 1.54) is 11.8 Å². The van der Waals surface area contributed by atoms with Crippen molar-refractivity contribution in [1.82, 2.24) is 9.47 Å². The summed E-state index contributed by atoms with van der Waals surface area (Å²) in [6.45, 7) is 6.08. The van der Waals surface area contributed by atoms with Gasteiger partial charge in [0.2, 0.25) is 0 Å². The smallest absolute Gasteiger partial charge is 0.340 e. The Morgan fingerprint density at radius 1 is 1.42 bits per heavy atom. The number of furan rings is 1. The average Bonchev–Trinajstić information content (AvgIpc) is 3.22. The maximum Gasteiger partial charge on any atom is 0.340 e. The van der Waals surface area contributed by atoms with Gasteiger partial charge in [-0.1, -0.05) is 0 Å². The zero-order valence-corrected chi connectivity index (χ0v) is 15.5. The van der Waals surface area contributed by atoms with Gasteiger partial charge >= 0.3 is 5.97 Å². The highest BCUT2D eigenvalue weighted by Gasteiger charge is 2.24. The molecule has 1 atom stereocenters. The number of esters is 1. The van der Waals surface area contributed by atoms with Crippen LogP contribution in [-0.2, 0) is 16.1 Å². The van der Waals surface area contributed by atoms with E-state index in [9.17, 15) is 9.59 Å². The summed E-state index contributed by atoms with van der Waals surface area (Å²) in [5.41, 5.74) is 2.07. The van der Waals surface area contributed by atoms with Gasteiger partial charge < -0.3 is 18.6 Å². The molecule has 26 heavy (non-hydrogen) atoms. The third-order valence-corrected chi connectivity index (χ3v) is 4.25. The second-order valence-corrected chi connectivity index (χ2v) is 6.17. The fourth-order valence-corrected chi connectivity index (χ4v) is 2.72. The molecule has 0 aromatic carbocycles. The zero-order valence-electron chi connectivity index (χ0n) is 15.5. The van der Waals surface area contributed by atoms with E-state index < -0.39 is 12.1 Å². The molecule has 0 radical (unpaired) electrons. The molecule has 7 heteroatoms. The van der Waals surface area contributed by atoms with Gasteiger partial charge in [-0.15, -0.1) is 0 Å². The van der Waals surface area contributed by atoms with E-state index in [-0.39, 0.29) is 12.3 Å². The van der Waals surface area contributed by atoms with E-state index in [4.69, 9.17) is 14.4 Å². The Balaban J connectivity index is 2.08. The lowest BCUT2D eigenvalue weighted by atomic mass is 10.2. The first-order valence-electron chi connectivity index (χ1n) is 8.37. The van der Waals surface area contributed by atoms with Crippen molar-refractivity contribution in [3.8, 4) is 6.07 Å². The van der Waals surface area contributed by atoms with Crippen molar-refractivity contribution in [2.75, 3.05) is 13.6 Å². The van der Waals surface area contributed by atoms with Crippen LogP contribution in [0.3, 0.4) is 0 Å². The number of carbonyl (C=O) groups is 2. The number of amides is 1. The van der Waals surface area contributed by atoms with E-state index >= 15 is 0 Å². The quantitative estimate of drug-likeness (QED) is 0.711. The lowest BCUT2D eigenvalue weighted by molar-refractivity contribution is -0.138. The molecule has 0 aliphatic rings. The van der Waals surface area contributed by atoms with Gasteiger partial charge in [0.1, 0.15) is 5.76 Å². The van der Waals surface area contributed by atoms with E-state index in [0.717, 1.165) is 17.1 Å². The molecular weight excluding hydrogens is 334 g/mol. The highest BCUT2D eigenvalue weighted by atomic mass is 16.5. The van der Waals surface area contributed by atoms with Gasteiger partial charge in [-0.2, -0.15) is 5.26 Å².